The summed E-state index contributed by atoms with van der Waals surface area (Å²) in [4.78, 5) is 37.2. The van der Waals surface area contributed by atoms with Crippen LogP contribution in [0.4, 0.5) is 0 Å². The maximum absolute atomic E-state index is 13.1. The number of allylic oxidation sites excluding steroid dienone is 1. The number of cyclic esters (lactones) is 1. The van der Waals surface area contributed by atoms with E-state index < -0.39 is 35.0 Å². The van der Waals surface area contributed by atoms with Crippen LogP contribution >= 0.6 is 0 Å². The van der Waals surface area contributed by atoms with Gasteiger partial charge in [-0.1, -0.05) is 39.7 Å². The van der Waals surface area contributed by atoms with Gasteiger partial charge in [0.05, 0.1) is 0 Å². The molecule has 0 N–H and O–H groups in total. The average Bonchev–Trinajstić information content (AvgIpc) is 2.93. The van der Waals surface area contributed by atoms with E-state index in [9.17, 15) is 14.4 Å². The van der Waals surface area contributed by atoms with Crippen molar-refractivity contribution in [3.05, 3.63) is 11.6 Å². The zero-order valence-corrected chi connectivity index (χ0v) is 19.0. The van der Waals surface area contributed by atoms with Gasteiger partial charge in [0.25, 0.3) is 0 Å². The highest BCUT2D eigenvalue weighted by atomic mass is 16.6. The quantitative estimate of drug-likeness (QED) is 0.384. The van der Waals surface area contributed by atoms with E-state index in [0.29, 0.717) is 5.92 Å². The van der Waals surface area contributed by atoms with Crippen LogP contribution in [0, 0.1) is 28.1 Å². The predicted molar refractivity (Wildman–Crippen MR) is 109 cm³/mol. The fourth-order valence-electron chi connectivity index (χ4n) is 7.68. The molecule has 1 heterocycles. The van der Waals surface area contributed by atoms with Crippen LogP contribution in [0.1, 0.15) is 73.6 Å². The summed E-state index contributed by atoms with van der Waals surface area (Å²) in [6.07, 6.45) is 6.35. The summed E-state index contributed by atoms with van der Waals surface area (Å²) in [7, 11) is 0. The molecule has 0 amide bonds. The SMILES string of the molecule is CC(=O)O[C@@H]1C=C2[C@@](C)(CC[C@H]3C(C)(C)CCC[C@]23C)[C@@H]2C(=O)OC[C@@]21OC(C)=O. The molecule has 0 bridgehead atoms. The van der Waals surface area contributed by atoms with Gasteiger partial charge >= 0.3 is 17.9 Å². The van der Waals surface area contributed by atoms with Crippen molar-refractivity contribution in [2.75, 3.05) is 6.61 Å². The minimum atomic E-state index is -1.31. The third-order valence-corrected chi connectivity index (χ3v) is 8.64. The molecule has 6 heteroatoms. The van der Waals surface area contributed by atoms with Gasteiger partial charge in [0, 0.05) is 19.3 Å². The lowest BCUT2D eigenvalue weighted by atomic mass is 9.41. The third kappa shape index (κ3) is 2.78. The molecule has 3 aliphatic carbocycles. The van der Waals surface area contributed by atoms with Crippen LogP contribution in [-0.2, 0) is 28.6 Å². The predicted octanol–water partition coefficient (Wildman–Crippen LogP) is 3.97. The van der Waals surface area contributed by atoms with Gasteiger partial charge in [-0.05, 0) is 48.5 Å². The smallest absolute Gasteiger partial charge is 0.314 e. The van der Waals surface area contributed by atoms with E-state index in [-0.39, 0.29) is 23.4 Å². The zero-order chi connectivity index (χ0) is 22.1. The Kier molecular flexibility index (Phi) is 4.68. The average molecular weight is 419 g/mol. The van der Waals surface area contributed by atoms with Crippen LogP contribution < -0.4 is 0 Å². The number of fused-ring (bicyclic) bond motifs is 5. The van der Waals surface area contributed by atoms with Gasteiger partial charge in [-0.3, -0.25) is 14.4 Å². The Bertz CT molecular complexity index is 828. The van der Waals surface area contributed by atoms with E-state index in [1.807, 2.05) is 6.08 Å². The number of esters is 3. The molecular formula is C24H34O6. The van der Waals surface area contributed by atoms with E-state index in [4.69, 9.17) is 14.2 Å². The van der Waals surface area contributed by atoms with Gasteiger partial charge in [0.15, 0.2) is 6.10 Å². The lowest BCUT2D eigenvalue weighted by molar-refractivity contribution is -0.197. The first-order valence-corrected chi connectivity index (χ1v) is 11.1. The van der Waals surface area contributed by atoms with Gasteiger partial charge in [-0.25, -0.2) is 0 Å². The second-order valence-electron chi connectivity index (χ2n) is 11.0. The number of carbonyl (C=O) groups is 3. The Morgan fingerprint density at radius 2 is 1.73 bits per heavy atom. The minimum Gasteiger partial charge on any atom is -0.461 e. The van der Waals surface area contributed by atoms with Crippen molar-refractivity contribution < 1.29 is 28.6 Å². The summed E-state index contributed by atoms with van der Waals surface area (Å²) in [5.41, 5.74) is -0.527. The molecule has 0 aromatic rings. The highest BCUT2D eigenvalue weighted by Crippen LogP contribution is 2.69. The minimum absolute atomic E-state index is 0.0843. The number of hydrogen-bond acceptors (Lipinski definition) is 6. The first-order chi connectivity index (χ1) is 13.9. The third-order valence-electron chi connectivity index (χ3n) is 8.64. The number of rotatable bonds is 2. The maximum Gasteiger partial charge on any atom is 0.314 e. The Labute approximate surface area is 178 Å². The molecule has 166 valence electrons. The van der Waals surface area contributed by atoms with Crippen LogP contribution in [-0.4, -0.2) is 36.2 Å². The van der Waals surface area contributed by atoms with E-state index in [0.717, 1.165) is 25.7 Å². The van der Waals surface area contributed by atoms with Gasteiger partial charge < -0.3 is 14.2 Å². The van der Waals surface area contributed by atoms with Gasteiger partial charge in [0.1, 0.15) is 12.5 Å². The van der Waals surface area contributed by atoms with Crippen molar-refractivity contribution in [2.45, 2.75) is 85.4 Å². The second kappa shape index (κ2) is 6.57. The van der Waals surface area contributed by atoms with E-state index in [1.165, 1.54) is 25.8 Å². The molecule has 3 fully saturated rings. The lowest BCUT2D eigenvalue weighted by Crippen LogP contribution is -2.64. The molecule has 6 nitrogen and oxygen atoms in total. The fourth-order valence-corrected chi connectivity index (χ4v) is 7.68. The van der Waals surface area contributed by atoms with Crippen LogP contribution in [0.3, 0.4) is 0 Å². The van der Waals surface area contributed by atoms with E-state index >= 15 is 0 Å². The number of ether oxygens (including phenoxy) is 3. The largest absolute Gasteiger partial charge is 0.461 e. The summed E-state index contributed by atoms with van der Waals surface area (Å²) in [5.74, 6) is -1.53. The van der Waals surface area contributed by atoms with Crippen molar-refractivity contribution in [2.24, 2.45) is 28.1 Å². The highest BCUT2D eigenvalue weighted by Gasteiger charge is 2.71. The van der Waals surface area contributed by atoms with Crippen molar-refractivity contribution >= 4 is 17.9 Å². The molecule has 2 saturated carbocycles. The second-order valence-corrected chi connectivity index (χ2v) is 11.0. The first kappa shape index (κ1) is 21.4. The summed E-state index contributed by atoms with van der Waals surface area (Å²) in [6.45, 7) is 11.7. The maximum atomic E-state index is 13.1. The van der Waals surface area contributed by atoms with Crippen molar-refractivity contribution in [1.82, 2.24) is 0 Å². The zero-order valence-electron chi connectivity index (χ0n) is 19.0. The Balaban J connectivity index is 1.92. The van der Waals surface area contributed by atoms with Crippen molar-refractivity contribution in [3.63, 3.8) is 0 Å². The summed E-state index contributed by atoms with van der Waals surface area (Å²) < 4.78 is 17.0. The van der Waals surface area contributed by atoms with Gasteiger partial charge in [-0.15, -0.1) is 0 Å². The summed E-state index contributed by atoms with van der Waals surface area (Å²) in [5, 5.41) is 0. The van der Waals surface area contributed by atoms with E-state index in [2.05, 4.69) is 27.7 Å². The molecular weight excluding hydrogens is 384 g/mol. The van der Waals surface area contributed by atoms with Crippen LogP contribution in [0.25, 0.3) is 0 Å². The number of carbonyl (C=O) groups excluding carboxylic acids is 3. The standard InChI is InChI=1S/C24H34O6/c1-14(25)29-18-12-17-22(5)10-7-9-21(3,4)16(22)8-11-23(17,6)19-20(27)28-13-24(18,19)30-15(2)26/h12,16,18-19H,7-11,13H2,1-6H3/t16-,18+,19-,22-,23+,24-/m0/s1. The van der Waals surface area contributed by atoms with Crippen molar-refractivity contribution in [3.8, 4) is 0 Å². The topological polar surface area (TPSA) is 78.9 Å². The molecule has 4 aliphatic rings. The van der Waals surface area contributed by atoms with Crippen molar-refractivity contribution in [1.29, 1.82) is 0 Å². The highest BCUT2D eigenvalue weighted by molar-refractivity contribution is 5.81. The molecule has 0 spiro atoms. The molecule has 0 radical (unpaired) electrons. The molecule has 0 unspecified atom stereocenters. The summed E-state index contributed by atoms with van der Waals surface area (Å²) >= 11 is 0. The molecule has 0 aromatic heterocycles. The fraction of sp³-hybridized carbons (Fsp3) is 0.792. The lowest BCUT2D eigenvalue weighted by Gasteiger charge is -2.63. The molecule has 1 saturated heterocycles. The first-order valence-electron chi connectivity index (χ1n) is 11.1. The van der Waals surface area contributed by atoms with Gasteiger partial charge in [-0.2, -0.15) is 0 Å². The van der Waals surface area contributed by atoms with Crippen LogP contribution in [0.2, 0.25) is 0 Å². The van der Waals surface area contributed by atoms with E-state index in [1.54, 1.807) is 0 Å². The molecule has 6 atom stereocenters. The molecule has 0 aromatic carbocycles. The van der Waals surface area contributed by atoms with Crippen LogP contribution in [0.5, 0.6) is 0 Å². The molecule has 1 aliphatic heterocycles. The van der Waals surface area contributed by atoms with Crippen LogP contribution in [0.15, 0.2) is 11.6 Å². The Morgan fingerprint density at radius 3 is 2.37 bits per heavy atom. The van der Waals surface area contributed by atoms with Gasteiger partial charge in [0.2, 0.25) is 5.60 Å². The number of hydrogen-bond donors (Lipinski definition) is 0. The molecule has 30 heavy (non-hydrogen) atoms. The Morgan fingerprint density at radius 1 is 1.03 bits per heavy atom. The monoisotopic (exact) mass is 418 g/mol. The normalized spacial score (nSPS) is 44.0. The Hall–Kier alpha value is -1.85. The molecule has 4 rings (SSSR count). The summed E-state index contributed by atoms with van der Waals surface area (Å²) in [6, 6.07) is 0.